The fourth-order valence-electron chi connectivity index (χ4n) is 2.84. The van der Waals surface area contributed by atoms with E-state index in [1.54, 1.807) is 31.3 Å². The Labute approximate surface area is 129 Å². The first kappa shape index (κ1) is 14.3. The van der Waals surface area contributed by atoms with Gasteiger partial charge in [0, 0.05) is 36.1 Å². The molecule has 0 fully saturated rings. The molecule has 22 heavy (non-hydrogen) atoms. The van der Waals surface area contributed by atoms with E-state index in [1.165, 1.54) is 0 Å². The maximum Gasteiger partial charge on any atom is 0.196 e. The maximum absolute atomic E-state index is 12.9. The number of fused-ring (bicyclic) bond motifs is 2. The third-order valence-electron chi connectivity index (χ3n) is 3.91. The van der Waals surface area contributed by atoms with Crippen LogP contribution in [0, 0.1) is 0 Å². The van der Waals surface area contributed by atoms with Crippen molar-refractivity contribution in [3.8, 4) is 0 Å². The molecule has 2 N–H and O–H groups in total. The minimum absolute atomic E-state index is 0.0964. The lowest BCUT2D eigenvalue weighted by Crippen LogP contribution is -2.24. The summed E-state index contributed by atoms with van der Waals surface area (Å²) in [5, 5.41) is 6.27. The van der Waals surface area contributed by atoms with Crippen LogP contribution in [0.1, 0.15) is 45.2 Å². The zero-order valence-electron chi connectivity index (χ0n) is 12.7. The Kier molecular flexibility index (Phi) is 3.67. The smallest absolute Gasteiger partial charge is 0.196 e. The Morgan fingerprint density at radius 2 is 1.41 bits per heavy atom. The second-order valence-corrected chi connectivity index (χ2v) is 5.29. The summed E-state index contributed by atoms with van der Waals surface area (Å²) in [4.78, 5) is 25.7. The van der Waals surface area contributed by atoms with Gasteiger partial charge in [0.1, 0.15) is 0 Å². The highest BCUT2D eigenvalue weighted by atomic mass is 16.1. The van der Waals surface area contributed by atoms with Crippen molar-refractivity contribution in [3.05, 3.63) is 58.7 Å². The minimum Gasteiger partial charge on any atom is -0.388 e. The van der Waals surface area contributed by atoms with Crippen molar-refractivity contribution in [2.75, 3.05) is 24.2 Å². The second-order valence-electron chi connectivity index (χ2n) is 5.29. The van der Waals surface area contributed by atoms with Crippen LogP contribution in [0.2, 0.25) is 0 Å². The average molecular weight is 294 g/mol. The van der Waals surface area contributed by atoms with Gasteiger partial charge in [0.05, 0.1) is 11.1 Å². The summed E-state index contributed by atoms with van der Waals surface area (Å²) in [6.45, 7) is 2.82. The first-order valence-electron chi connectivity index (χ1n) is 7.46. The number of hydrogen-bond acceptors (Lipinski definition) is 4. The van der Waals surface area contributed by atoms with Crippen molar-refractivity contribution in [1.29, 1.82) is 0 Å². The molecule has 2 aromatic rings. The van der Waals surface area contributed by atoms with E-state index in [-0.39, 0.29) is 11.6 Å². The van der Waals surface area contributed by atoms with Gasteiger partial charge in [0.15, 0.2) is 11.6 Å². The van der Waals surface area contributed by atoms with Crippen LogP contribution >= 0.6 is 0 Å². The first-order chi connectivity index (χ1) is 10.7. The van der Waals surface area contributed by atoms with E-state index in [9.17, 15) is 9.59 Å². The highest BCUT2D eigenvalue weighted by Gasteiger charge is 2.33. The van der Waals surface area contributed by atoms with E-state index in [1.807, 2.05) is 12.1 Å². The topological polar surface area (TPSA) is 58.2 Å². The SMILES string of the molecule is CCCNc1ccc(NC)c2c1C(=O)c1ccccc1C2=O. The van der Waals surface area contributed by atoms with Crippen LogP contribution in [0.15, 0.2) is 36.4 Å². The van der Waals surface area contributed by atoms with Crippen molar-refractivity contribution in [2.24, 2.45) is 0 Å². The fourth-order valence-corrected chi connectivity index (χ4v) is 2.84. The molecule has 4 nitrogen and oxygen atoms in total. The number of carbonyl (C=O) groups is 2. The molecule has 0 unspecified atom stereocenters. The van der Waals surface area contributed by atoms with Gasteiger partial charge in [-0.2, -0.15) is 0 Å². The molecule has 1 aliphatic carbocycles. The fraction of sp³-hybridized carbons (Fsp3) is 0.222. The number of anilines is 2. The standard InChI is InChI=1S/C18H18N2O2/c1-3-10-20-14-9-8-13(19-2)15-16(14)18(22)12-7-5-4-6-11(12)17(15)21/h4-9,19-20H,3,10H2,1-2H3. The molecule has 0 aromatic heterocycles. The van der Waals surface area contributed by atoms with Crippen LogP contribution in [0.4, 0.5) is 11.4 Å². The zero-order valence-corrected chi connectivity index (χ0v) is 12.7. The third-order valence-corrected chi connectivity index (χ3v) is 3.91. The van der Waals surface area contributed by atoms with Crippen molar-refractivity contribution in [2.45, 2.75) is 13.3 Å². The van der Waals surface area contributed by atoms with Crippen molar-refractivity contribution < 1.29 is 9.59 Å². The summed E-state index contributed by atoms with van der Waals surface area (Å²) in [5.74, 6) is -0.199. The number of hydrogen-bond donors (Lipinski definition) is 2. The van der Waals surface area contributed by atoms with Gasteiger partial charge >= 0.3 is 0 Å². The van der Waals surface area contributed by atoms with E-state index in [0.717, 1.165) is 18.7 Å². The Morgan fingerprint density at radius 1 is 0.864 bits per heavy atom. The van der Waals surface area contributed by atoms with Crippen LogP contribution in [0.3, 0.4) is 0 Å². The van der Waals surface area contributed by atoms with Crippen LogP contribution in [-0.4, -0.2) is 25.2 Å². The molecule has 0 bridgehead atoms. The summed E-state index contributed by atoms with van der Waals surface area (Å²) in [6.07, 6.45) is 0.946. The summed E-state index contributed by atoms with van der Waals surface area (Å²) >= 11 is 0. The van der Waals surface area contributed by atoms with Gasteiger partial charge in [0.25, 0.3) is 0 Å². The summed E-state index contributed by atoms with van der Waals surface area (Å²) in [5.41, 5.74) is 3.31. The molecule has 0 amide bonds. The highest BCUT2D eigenvalue weighted by Crippen LogP contribution is 2.36. The number of nitrogens with one attached hydrogen (secondary N) is 2. The molecular formula is C18H18N2O2. The molecule has 0 spiro atoms. The van der Waals surface area contributed by atoms with Crippen LogP contribution in [0.25, 0.3) is 0 Å². The van der Waals surface area contributed by atoms with Crippen molar-refractivity contribution in [1.82, 2.24) is 0 Å². The minimum atomic E-state index is -0.102. The second kappa shape index (κ2) is 5.64. The van der Waals surface area contributed by atoms with Gasteiger partial charge in [0.2, 0.25) is 0 Å². The summed E-state index contributed by atoms with van der Waals surface area (Å²) < 4.78 is 0. The predicted molar refractivity (Wildman–Crippen MR) is 88.1 cm³/mol. The molecule has 0 radical (unpaired) electrons. The predicted octanol–water partition coefficient (Wildman–Crippen LogP) is 3.33. The van der Waals surface area contributed by atoms with E-state index in [2.05, 4.69) is 17.6 Å². The van der Waals surface area contributed by atoms with E-state index in [0.29, 0.717) is 27.9 Å². The summed E-state index contributed by atoms with van der Waals surface area (Å²) in [7, 11) is 1.76. The van der Waals surface area contributed by atoms with Gasteiger partial charge in [-0.25, -0.2) is 0 Å². The molecule has 0 atom stereocenters. The number of carbonyl (C=O) groups excluding carboxylic acids is 2. The Hall–Kier alpha value is -2.62. The molecule has 0 saturated heterocycles. The molecule has 1 aliphatic rings. The van der Waals surface area contributed by atoms with Crippen molar-refractivity contribution in [3.63, 3.8) is 0 Å². The normalized spacial score (nSPS) is 12.6. The van der Waals surface area contributed by atoms with Crippen molar-refractivity contribution >= 4 is 22.9 Å². The van der Waals surface area contributed by atoms with Gasteiger partial charge in [-0.1, -0.05) is 31.2 Å². The van der Waals surface area contributed by atoms with Gasteiger partial charge in [-0.3, -0.25) is 9.59 Å². The Balaban J connectivity index is 2.25. The molecule has 4 heteroatoms. The largest absolute Gasteiger partial charge is 0.388 e. The maximum atomic E-state index is 12.9. The summed E-state index contributed by atoms with van der Waals surface area (Å²) in [6, 6.07) is 10.7. The molecule has 112 valence electrons. The first-order valence-corrected chi connectivity index (χ1v) is 7.46. The van der Waals surface area contributed by atoms with Gasteiger partial charge < -0.3 is 10.6 Å². The third kappa shape index (κ3) is 2.08. The van der Waals surface area contributed by atoms with Crippen LogP contribution < -0.4 is 10.6 Å². The highest BCUT2D eigenvalue weighted by molar-refractivity contribution is 6.31. The lowest BCUT2D eigenvalue weighted by molar-refractivity contribution is 0.0980. The monoisotopic (exact) mass is 294 g/mol. The van der Waals surface area contributed by atoms with Gasteiger partial charge in [-0.15, -0.1) is 0 Å². The quantitative estimate of drug-likeness (QED) is 0.775. The molecule has 0 aliphatic heterocycles. The molecule has 0 heterocycles. The molecular weight excluding hydrogens is 276 g/mol. The molecule has 3 rings (SSSR count). The van der Waals surface area contributed by atoms with E-state index >= 15 is 0 Å². The zero-order chi connectivity index (χ0) is 15.7. The van der Waals surface area contributed by atoms with Crippen LogP contribution in [-0.2, 0) is 0 Å². The van der Waals surface area contributed by atoms with Gasteiger partial charge in [-0.05, 0) is 18.6 Å². The lowest BCUT2D eigenvalue weighted by atomic mass is 9.82. The molecule has 2 aromatic carbocycles. The average Bonchev–Trinajstić information content (AvgIpc) is 2.57. The van der Waals surface area contributed by atoms with Crippen LogP contribution in [0.5, 0.6) is 0 Å². The number of ketones is 2. The number of rotatable bonds is 4. The Morgan fingerprint density at radius 3 is 1.95 bits per heavy atom. The van der Waals surface area contributed by atoms with E-state index < -0.39 is 0 Å². The molecule has 0 saturated carbocycles. The Bertz CT molecular complexity index is 766. The number of benzene rings is 2. The lowest BCUT2D eigenvalue weighted by Gasteiger charge is -2.23. The van der Waals surface area contributed by atoms with E-state index in [4.69, 9.17) is 0 Å².